The number of hydrogen-bond donors (Lipinski definition) is 0. The topological polar surface area (TPSA) is 23.8 Å². The van der Waals surface area contributed by atoms with Crippen molar-refractivity contribution in [2.45, 2.75) is 44.2 Å². The molecular weight excluding hydrogens is 201 g/mol. The van der Waals surface area contributed by atoms with Gasteiger partial charge in [-0.15, -0.1) is 0 Å². The zero-order chi connectivity index (χ0) is 11.2. The summed E-state index contributed by atoms with van der Waals surface area (Å²) in [5.74, 6) is -0.110. The molecule has 0 spiro atoms. The van der Waals surface area contributed by atoms with E-state index in [1.54, 1.807) is 0 Å². The molecule has 1 fully saturated rings. The third kappa shape index (κ3) is 1.21. The second-order valence-electron chi connectivity index (χ2n) is 5.24. The maximum absolute atomic E-state index is 15.2. The summed E-state index contributed by atoms with van der Waals surface area (Å²) < 4.78 is 15.2. The van der Waals surface area contributed by atoms with Crippen LogP contribution in [0, 0.1) is 23.2 Å². The Labute approximate surface area is 95.6 Å². The molecule has 0 radical (unpaired) electrons. The highest BCUT2D eigenvalue weighted by Crippen LogP contribution is 2.53. The van der Waals surface area contributed by atoms with E-state index >= 15 is 4.39 Å². The van der Waals surface area contributed by atoms with E-state index in [1.807, 2.05) is 0 Å². The standard InChI is InChI=1S/C14H16FN/c15-14-11-4-2-1-3-5-12(14)7-10(6-11)8-13(14)9-16/h6-7,10,13H,1-5,8H2. The van der Waals surface area contributed by atoms with Gasteiger partial charge in [0.2, 0.25) is 0 Å². The normalized spacial score (nSPS) is 41.5. The molecule has 0 aromatic rings. The molecule has 16 heavy (non-hydrogen) atoms. The zero-order valence-corrected chi connectivity index (χ0v) is 9.38. The molecule has 0 heterocycles. The van der Waals surface area contributed by atoms with Gasteiger partial charge in [-0.2, -0.15) is 5.26 Å². The third-order valence-electron chi connectivity index (χ3n) is 4.30. The van der Waals surface area contributed by atoms with Gasteiger partial charge in [-0.05, 0) is 49.2 Å². The van der Waals surface area contributed by atoms with E-state index in [0.29, 0.717) is 12.3 Å². The fourth-order valence-electron chi connectivity index (χ4n) is 3.51. The van der Waals surface area contributed by atoms with Crippen LogP contribution < -0.4 is 0 Å². The van der Waals surface area contributed by atoms with Gasteiger partial charge in [0.25, 0.3) is 0 Å². The van der Waals surface area contributed by atoms with Gasteiger partial charge in [0.15, 0.2) is 5.67 Å². The molecule has 4 aliphatic rings. The number of nitriles is 1. The molecule has 4 aliphatic carbocycles. The lowest BCUT2D eigenvalue weighted by molar-refractivity contribution is 0.144. The number of allylic oxidation sites excluding steroid dienone is 4. The van der Waals surface area contributed by atoms with Crippen molar-refractivity contribution in [1.29, 1.82) is 5.26 Å². The maximum Gasteiger partial charge on any atom is 0.168 e. The molecule has 4 rings (SSSR count). The molecule has 0 N–H and O–H groups in total. The molecular formula is C14H16FN. The van der Waals surface area contributed by atoms with Crippen molar-refractivity contribution >= 4 is 0 Å². The summed E-state index contributed by atoms with van der Waals surface area (Å²) in [5.41, 5.74) is 0.421. The van der Waals surface area contributed by atoms with Gasteiger partial charge in [-0.3, -0.25) is 0 Å². The van der Waals surface area contributed by atoms with E-state index in [9.17, 15) is 0 Å². The van der Waals surface area contributed by atoms with Crippen molar-refractivity contribution in [1.82, 2.24) is 0 Å². The molecule has 1 unspecified atom stereocenters. The maximum atomic E-state index is 15.2. The summed E-state index contributed by atoms with van der Waals surface area (Å²) in [5, 5.41) is 9.15. The Kier molecular flexibility index (Phi) is 2.17. The second kappa shape index (κ2) is 3.45. The predicted octanol–water partition coefficient (Wildman–Crippen LogP) is 3.68. The lowest BCUT2D eigenvalue weighted by Gasteiger charge is -2.45. The predicted molar refractivity (Wildman–Crippen MR) is 60.3 cm³/mol. The molecule has 0 aromatic carbocycles. The van der Waals surface area contributed by atoms with Crippen molar-refractivity contribution in [3.05, 3.63) is 23.3 Å². The van der Waals surface area contributed by atoms with Gasteiger partial charge >= 0.3 is 0 Å². The Bertz CT molecular complexity index is 389. The van der Waals surface area contributed by atoms with Crippen molar-refractivity contribution in [2.75, 3.05) is 0 Å². The number of hydrogen-bond acceptors (Lipinski definition) is 1. The van der Waals surface area contributed by atoms with E-state index in [0.717, 1.165) is 36.8 Å². The zero-order valence-electron chi connectivity index (χ0n) is 9.38. The summed E-state index contributed by atoms with van der Waals surface area (Å²) in [6.45, 7) is 0. The van der Waals surface area contributed by atoms with Crippen LogP contribution in [0.15, 0.2) is 23.3 Å². The largest absolute Gasteiger partial charge is 0.233 e. The number of alkyl halides is 1. The van der Waals surface area contributed by atoms with Crippen LogP contribution in [-0.2, 0) is 0 Å². The van der Waals surface area contributed by atoms with Crippen LogP contribution >= 0.6 is 0 Å². The molecule has 0 amide bonds. The Morgan fingerprint density at radius 1 is 1.19 bits per heavy atom. The molecule has 4 bridgehead atoms. The number of rotatable bonds is 0. The van der Waals surface area contributed by atoms with Gasteiger partial charge in [-0.1, -0.05) is 18.6 Å². The summed E-state index contributed by atoms with van der Waals surface area (Å²) in [7, 11) is 0. The fourth-order valence-corrected chi connectivity index (χ4v) is 3.51. The quantitative estimate of drug-likeness (QED) is 0.568. The minimum Gasteiger partial charge on any atom is -0.233 e. The average molecular weight is 217 g/mol. The first kappa shape index (κ1) is 10.1. The summed E-state index contributed by atoms with van der Waals surface area (Å²) in [4.78, 5) is 0. The van der Waals surface area contributed by atoms with Crippen LogP contribution in [0.3, 0.4) is 0 Å². The minimum absolute atomic E-state index is 0.324. The third-order valence-corrected chi connectivity index (χ3v) is 4.30. The lowest BCUT2D eigenvalue weighted by atomic mass is 9.61. The summed E-state index contributed by atoms with van der Waals surface area (Å²) in [6, 6.07) is 2.20. The first-order chi connectivity index (χ1) is 7.75. The van der Waals surface area contributed by atoms with Gasteiger partial charge in [0.05, 0.1) is 12.0 Å². The van der Waals surface area contributed by atoms with E-state index in [2.05, 4.69) is 18.2 Å². The Morgan fingerprint density at radius 3 is 2.38 bits per heavy atom. The highest BCUT2D eigenvalue weighted by molar-refractivity contribution is 5.45. The monoisotopic (exact) mass is 217 g/mol. The molecule has 84 valence electrons. The van der Waals surface area contributed by atoms with Crippen LogP contribution in [-0.4, -0.2) is 5.67 Å². The second-order valence-corrected chi connectivity index (χ2v) is 5.24. The highest BCUT2D eigenvalue weighted by Gasteiger charge is 2.52. The number of fused-ring (bicyclic) bond motifs is 1. The molecule has 0 aromatic heterocycles. The molecule has 0 aliphatic heterocycles. The molecule has 1 atom stereocenters. The Balaban J connectivity index is 2.08. The SMILES string of the molecule is N#CC1CC2C=C3CCCCCC(=C2)C31F. The van der Waals surface area contributed by atoms with E-state index < -0.39 is 11.6 Å². The average Bonchev–Trinajstić information content (AvgIpc) is 2.29. The van der Waals surface area contributed by atoms with Crippen molar-refractivity contribution in [3.63, 3.8) is 0 Å². The van der Waals surface area contributed by atoms with Crippen LogP contribution in [0.1, 0.15) is 38.5 Å². The van der Waals surface area contributed by atoms with Crippen molar-refractivity contribution in [3.8, 4) is 6.07 Å². The van der Waals surface area contributed by atoms with Crippen LogP contribution in [0.4, 0.5) is 4.39 Å². The fraction of sp³-hybridized carbons (Fsp3) is 0.643. The van der Waals surface area contributed by atoms with E-state index in [-0.39, 0.29) is 0 Å². The van der Waals surface area contributed by atoms with Crippen LogP contribution in [0.25, 0.3) is 0 Å². The molecule has 1 nitrogen and oxygen atoms in total. The van der Waals surface area contributed by atoms with Crippen LogP contribution in [0.5, 0.6) is 0 Å². The number of nitrogens with zero attached hydrogens (tertiary/aromatic N) is 1. The smallest absolute Gasteiger partial charge is 0.168 e. The Morgan fingerprint density at radius 2 is 1.81 bits per heavy atom. The molecule has 0 saturated heterocycles. The molecule has 2 heteroatoms. The highest BCUT2D eigenvalue weighted by atomic mass is 19.1. The van der Waals surface area contributed by atoms with Gasteiger partial charge in [0.1, 0.15) is 0 Å². The molecule has 1 saturated carbocycles. The van der Waals surface area contributed by atoms with E-state index in [1.165, 1.54) is 6.42 Å². The van der Waals surface area contributed by atoms with Crippen molar-refractivity contribution < 1.29 is 4.39 Å². The first-order valence-electron chi connectivity index (χ1n) is 6.26. The summed E-state index contributed by atoms with van der Waals surface area (Å²) in [6.07, 6.45) is 9.90. The Hall–Kier alpha value is -1.10. The number of halogens is 1. The summed E-state index contributed by atoms with van der Waals surface area (Å²) >= 11 is 0. The van der Waals surface area contributed by atoms with Crippen LogP contribution in [0.2, 0.25) is 0 Å². The van der Waals surface area contributed by atoms with E-state index in [4.69, 9.17) is 5.26 Å². The first-order valence-corrected chi connectivity index (χ1v) is 6.26. The van der Waals surface area contributed by atoms with Gasteiger partial charge in [0, 0.05) is 0 Å². The lowest BCUT2D eigenvalue weighted by Crippen LogP contribution is -2.45. The minimum atomic E-state index is -1.40. The van der Waals surface area contributed by atoms with Gasteiger partial charge < -0.3 is 0 Å². The van der Waals surface area contributed by atoms with Crippen molar-refractivity contribution in [2.24, 2.45) is 11.8 Å². The van der Waals surface area contributed by atoms with Gasteiger partial charge in [-0.25, -0.2) is 4.39 Å².